The molecule has 0 saturated carbocycles. The molecule has 146 valence electrons. The van der Waals surface area contributed by atoms with Crippen molar-refractivity contribution in [1.82, 2.24) is 14.8 Å². The molecule has 1 unspecified atom stereocenters. The molecule has 2 aromatic carbocycles. The van der Waals surface area contributed by atoms with Gasteiger partial charge in [0.15, 0.2) is 11.5 Å². The number of fused-ring (bicyclic) bond motifs is 6. The van der Waals surface area contributed by atoms with Crippen LogP contribution in [0.5, 0.6) is 5.75 Å². The van der Waals surface area contributed by atoms with Crippen LogP contribution < -0.4 is 15.2 Å². The van der Waals surface area contributed by atoms with Gasteiger partial charge in [-0.1, -0.05) is 0 Å². The van der Waals surface area contributed by atoms with Crippen molar-refractivity contribution in [2.75, 3.05) is 12.0 Å². The van der Waals surface area contributed by atoms with Crippen molar-refractivity contribution in [1.29, 1.82) is 0 Å². The average Bonchev–Trinajstić information content (AvgIpc) is 3.03. The van der Waals surface area contributed by atoms with E-state index in [9.17, 15) is 14.0 Å². The van der Waals surface area contributed by atoms with Crippen molar-refractivity contribution >= 4 is 11.6 Å². The van der Waals surface area contributed by atoms with Gasteiger partial charge in [-0.25, -0.2) is 9.07 Å². The fourth-order valence-corrected chi connectivity index (χ4v) is 4.14. The summed E-state index contributed by atoms with van der Waals surface area (Å²) in [5, 5.41) is 4.62. The Morgan fingerprint density at radius 2 is 1.90 bits per heavy atom. The van der Waals surface area contributed by atoms with Crippen molar-refractivity contribution in [3.63, 3.8) is 0 Å². The van der Waals surface area contributed by atoms with E-state index in [1.54, 1.807) is 41.0 Å². The van der Waals surface area contributed by atoms with Gasteiger partial charge in [-0.05, 0) is 49.4 Å². The Kier molecular flexibility index (Phi) is 3.61. The molecule has 2 aliphatic rings. The lowest BCUT2D eigenvalue weighted by atomic mass is 10.0. The summed E-state index contributed by atoms with van der Waals surface area (Å²) < 4.78 is 20.7. The van der Waals surface area contributed by atoms with Crippen LogP contribution in [0.2, 0.25) is 0 Å². The van der Waals surface area contributed by atoms with Crippen molar-refractivity contribution in [3.05, 3.63) is 58.6 Å². The van der Waals surface area contributed by atoms with Gasteiger partial charge in [0.2, 0.25) is 5.91 Å². The molecule has 0 aliphatic carbocycles. The minimum Gasteiger partial charge on any atom is -0.497 e. The van der Waals surface area contributed by atoms with E-state index in [4.69, 9.17) is 4.74 Å². The predicted molar refractivity (Wildman–Crippen MR) is 104 cm³/mol. The maximum absolute atomic E-state index is 14.0. The van der Waals surface area contributed by atoms with Gasteiger partial charge >= 0.3 is 0 Å². The predicted octanol–water partition coefficient (Wildman–Crippen LogP) is 2.93. The number of ether oxygens (including phenoxy) is 1. The first-order chi connectivity index (χ1) is 13.9. The zero-order valence-corrected chi connectivity index (χ0v) is 15.8. The molecule has 1 fully saturated rings. The van der Waals surface area contributed by atoms with Crippen LogP contribution in [-0.2, 0) is 10.5 Å². The van der Waals surface area contributed by atoms with Crippen molar-refractivity contribution < 1.29 is 13.9 Å². The lowest BCUT2D eigenvalue weighted by Crippen LogP contribution is -2.51. The minimum absolute atomic E-state index is 0.114. The highest BCUT2D eigenvalue weighted by Gasteiger charge is 2.50. The number of carbonyl (C=O) groups is 1. The molecule has 0 N–H and O–H groups in total. The molecule has 1 amide bonds. The van der Waals surface area contributed by atoms with Crippen LogP contribution in [0.3, 0.4) is 0 Å². The molecule has 8 heteroatoms. The number of amides is 1. The fraction of sp³-hybridized carbons (Fsp3) is 0.238. The lowest BCUT2D eigenvalue weighted by Gasteiger charge is -2.42. The smallest absolute Gasteiger partial charge is 0.300 e. The van der Waals surface area contributed by atoms with E-state index in [-0.39, 0.29) is 11.6 Å². The molecule has 2 aliphatic heterocycles. The molecule has 1 aromatic heterocycles. The Bertz CT molecular complexity index is 1220. The number of rotatable bonds is 2. The van der Waals surface area contributed by atoms with Gasteiger partial charge in [0.25, 0.3) is 5.56 Å². The first-order valence-electron chi connectivity index (χ1n) is 9.21. The van der Waals surface area contributed by atoms with Crippen LogP contribution in [-0.4, -0.2) is 27.8 Å². The second kappa shape index (κ2) is 5.97. The summed E-state index contributed by atoms with van der Waals surface area (Å²) in [5.74, 6) is 0.423. The molecule has 29 heavy (non-hydrogen) atoms. The molecule has 0 bridgehead atoms. The number of nitrogens with zero attached hydrogens (tertiary/aromatic N) is 4. The summed E-state index contributed by atoms with van der Waals surface area (Å²) in [7, 11) is 1.56. The number of halogens is 1. The van der Waals surface area contributed by atoms with Crippen LogP contribution >= 0.6 is 0 Å². The van der Waals surface area contributed by atoms with E-state index in [1.807, 2.05) is 6.92 Å². The van der Waals surface area contributed by atoms with Crippen LogP contribution in [0.25, 0.3) is 22.6 Å². The highest BCUT2D eigenvalue weighted by molar-refractivity contribution is 6.01. The monoisotopic (exact) mass is 392 g/mol. The maximum Gasteiger partial charge on any atom is 0.300 e. The highest BCUT2D eigenvalue weighted by Crippen LogP contribution is 2.47. The Balaban J connectivity index is 1.78. The zero-order chi connectivity index (χ0) is 20.3. The van der Waals surface area contributed by atoms with Crippen LogP contribution in [0, 0.1) is 5.82 Å². The number of hydrogen-bond acceptors (Lipinski definition) is 5. The molecule has 1 saturated heterocycles. The van der Waals surface area contributed by atoms with Gasteiger partial charge < -0.3 is 4.74 Å². The lowest BCUT2D eigenvalue weighted by molar-refractivity contribution is -0.117. The topological polar surface area (TPSA) is 77.3 Å². The van der Waals surface area contributed by atoms with Gasteiger partial charge in [-0.15, -0.1) is 0 Å². The quantitative estimate of drug-likeness (QED) is 0.670. The Hall–Kier alpha value is -3.55. The van der Waals surface area contributed by atoms with E-state index in [1.165, 1.54) is 18.2 Å². The summed E-state index contributed by atoms with van der Waals surface area (Å²) in [6.45, 7) is 1.85. The third-order valence-electron chi connectivity index (χ3n) is 5.62. The largest absolute Gasteiger partial charge is 0.497 e. The summed E-state index contributed by atoms with van der Waals surface area (Å²) in [6.07, 6.45) is 0.784. The average molecular weight is 392 g/mol. The number of methoxy groups -OCH3 is 1. The Morgan fingerprint density at radius 3 is 2.62 bits per heavy atom. The number of anilines is 1. The van der Waals surface area contributed by atoms with E-state index < -0.39 is 17.0 Å². The van der Waals surface area contributed by atoms with E-state index in [2.05, 4.69) is 10.1 Å². The van der Waals surface area contributed by atoms with Crippen molar-refractivity contribution in [3.8, 4) is 28.4 Å². The van der Waals surface area contributed by atoms with E-state index in [0.717, 1.165) is 0 Å². The number of carbonyl (C=O) groups excluding carboxylic acids is 1. The Morgan fingerprint density at radius 1 is 1.14 bits per heavy atom. The van der Waals surface area contributed by atoms with E-state index >= 15 is 0 Å². The summed E-state index contributed by atoms with van der Waals surface area (Å²) in [5.41, 5.74) is 0.351. The van der Waals surface area contributed by atoms with Crippen molar-refractivity contribution in [2.24, 2.45) is 0 Å². The molecule has 7 nitrogen and oxygen atoms in total. The first kappa shape index (κ1) is 17.5. The normalized spacial score (nSPS) is 19.6. The summed E-state index contributed by atoms with van der Waals surface area (Å²) in [4.78, 5) is 31.3. The van der Waals surface area contributed by atoms with Gasteiger partial charge in [0.05, 0.1) is 12.8 Å². The SMILES string of the molecule is COc1ccc(-c2nn3c(nc2=O)-c2ccc(F)cc2N2C(=O)CCC23C)cc1. The van der Waals surface area contributed by atoms with Crippen LogP contribution in [0.4, 0.5) is 10.1 Å². The molecule has 0 radical (unpaired) electrons. The third-order valence-corrected chi connectivity index (χ3v) is 5.62. The standard InChI is InChI=1S/C21H17FN4O3/c1-21-10-9-17(27)25(21)16-11-13(22)5-8-15(16)19-23-20(28)18(24-26(19)21)12-3-6-14(29-2)7-4-12/h3-8,11H,9-10H2,1-2H3. The zero-order valence-electron chi connectivity index (χ0n) is 15.8. The fourth-order valence-electron chi connectivity index (χ4n) is 4.14. The number of aromatic nitrogens is 3. The molecule has 3 aromatic rings. The number of benzene rings is 2. The molecule has 5 rings (SSSR count). The summed E-state index contributed by atoms with van der Waals surface area (Å²) in [6, 6.07) is 11.1. The molecule has 0 spiro atoms. The third kappa shape index (κ3) is 2.41. The number of hydrogen-bond donors (Lipinski definition) is 0. The molecule has 1 atom stereocenters. The molecular formula is C21H17FN4O3. The van der Waals surface area contributed by atoms with Crippen molar-refractivity contribution in [2.45, 2.75) is 25.4 Å². The second-order valence-electron chi connectivity index (χ2n) is 7.34. The van der Waals surface area contributed by atoms with Crippen LogP contribution in [0.15, 0.2) is 47.3 Å². The van der Waals surface area contributed by atoms with Gasteiger partial charge in [-0.3, -0.25) is 14.5 Å². The van der Waals surface area contributed by atoms with Gasteiger partial charge in [0, 0.05) is 24.0 Å². The molecular weight excluding hydrogens is 375 g/mol. The highest BCUT2D eigenvalue weighted by atomic mass is 19.1. The second-order valence-corrected chi connectivity index (χ2v) is 7.34. The minimum atomic E-state index is -0.866. The van der Waals surface area contributed by atoms with Gasteiger partial charge in [-0.2, -0.15) is 10.1 Å². The maximum atomic E-state index is 14.0. The molecule has 3 heterocycles. The summed E-state index contributed by atoms with van der Waals surface area (Å²) >= 11 is 0. The van der Waals surface area contributed by atoms with Crippen LogP contribution in [0.1, 0.15) is 19.8 Å². The van der Waals surface area contributed by atoms with Gasteiger partial charge in [0.1, 0.15) is 17.2 Å². The van der Waals surface area contributed by atoms with E-state index in [0.29, 0.717) is 41.2 Å². The Labute approximate surface area is 165 Å². The first-order valence-corrected chi connectivity index (χ1v) is 9.21.